The number of nitrogens with one attached hydrogen (secondary N) is 1. The number of aliphatic hydroxyl groups excluding tert-OH is 1. The van der Waals surface area contributed by atoms with Gasteiger partial charge >= 0.3 is 0 Å². The number of benzene rings is 1. The van der Waals surface area contributed by atoms with Gasteiger partial charge in [0.25, 0.3) is 0 Å². The third-order valence-electron chi connectivity index (χ3n) is 3.80. The topological polar surface area (TPSA) is 58.3 Å². The lowest BCUT2D eigenvalue weighted by atomic mass is 9.86. The van der Waals surface area contributed by atoms with E-state index in [4.69, 9.17) is 5.73 Å². The summed E-state index contributed by atoms with van der Waals surface area (Å²) in [6.07, 6.45) is 4.32. The predicted octanol–water partition coefficient (Wildman–Crippen LogP) is 2.54. The highest BCUT2D eigenvalue weighted by Crippen LogP contribution is 2.26. The lowest BCUT2D eigenvalue weighted by Gasteiger charge is -2.28. The van der Waals surface area contributed by atoms with Crippen molar-refractivity contribution >= 4 is 11.4 Å². The van der Waals surface area contributed by atoms with Crippen molar-refractivity contribution in [1.29, 1.82) is 0 Å². The van der Waals surface area contributed by atoms with Crippen molar-refractivity contribution in [3.8, 4) is 0 Å². The highest BCUT2D eigenvalue weighted by molar-refractivity contribution is 5.62. The van der Waals surface area contributed by atoms with Crippen LogP contribution in [-0.4, -0.2) is 17.8 Å². The quantitative estimate of drug-likeness (QED) is 0.704. The molecule has 0 spiro atoms. The molecular weight excluding hydrogens is 212 g/mol. The number of hydrogen-bond donors (Lipinski definition) is 3. The van der Waals surface area contributed by atoms with Gasteiger partial charge < -0.3 is 16.2 Å². The number of nitrogens with two attached hydrogens (primary N) is 1. The molecule has 2 rings (SSSR count). The van der Waals surface area contributed by atoms with Crippen molar-refractivity contribution in [2.24, 2.45) is 5.92 Å². The molecule has 0 heterocycles. The van der Waals surface area contributed by atoms with Crippen molar-refractivity contribution in [1.82, 2.24) is 0 Å². The smallest absolute Gasteiger partial charge is 0.0585 e. The maximum atomic E-state index is 9.91. The number of rotatable bonds is 3. The minimum Gasteiger partial charge on any atom is -0.398 e. The summed E-state index contributed by atoms with van der Waals surface area (Å²) < 4.78 is 0. The molecule has 17 heavy (non-hydrogen) atoms. The third kappa shape index (κ3) is 2.91. The molecule has 1 aliphatic rings. The summed E-state index contributed by atoms with van der Waals surface area (Å²) in [4.78, 5) is 0. The van der Waals surface area contributed by atoms with Crippen molar-refractivity contribution in [3.05, 3.63) is 23.8 Å². The molecule has 2 atom stereocenters. The standard InChI is InChI=1S/C14H22N2O/c1-10-12(15)6-4-7-13(10)16-9-11-5-2-3-8-14(11)17/h4,6-7,11,14,16-17H,2-3,5,8-9,15H2,1H3. The first-order valence-corrected chi connectivity index (χ1v) is 6.45. The van der Waals surface area contributed by atoms with Gasteiger partial charge in [0.1, 0.15) is 0 Å². The van der Waals surface area contributed by atoms with E-state index in [-0.39, 0.29) is 6.10 Å². The van der Waals surface area contributed by atoms with Crippen LogP contribution in [0.2, 0.25) is 0 Å². The lowest BCUT2D eigenvalue weighted by molar-refractivity contribution is 0.0763. The van der Waals surface area contributed by atoms with Gasteiger partial charge in [0, 0.05) is 23.8 Å². The molecule has 1 aromatic rings. The fraction of sp³-hybridized carbons (Fsp3) is 0.571. The minimum atomic E-state index is -0.141. The van der Waals surface area contributed by atoms with E-state index in [1.54, 1.807) is 0 Å². The number of hydrogen-bond acceptors (Lipinski definition) is 3. The van der Waals surface area contributed by atoms with Crippen LogP contribution in [0.15, 0.2) is 18.2 Å². The van der Waals surface area contributed by atoms with Crippen LogP contribution < -0.4 is 11.1 Å². The molecule has 3 nitrogen and oxygen atoms in total. The first-order chi connectivity index (χ1) is 8.18. The van der Waals surface area contributed by atoms with E-state index in [9.17, 15) is 5.11 Å². The Morgan fingerprint density at radius 3 is 2.88 bits per heavy atom. The second kappa shape index (κ2) is 5.41. The summed E-state index contributed by atoms with van der Waals surface area (Å²) in [5.41, 5.74) is 8.87. The van der Waals surface area contributed by atoms with E-state index in [1.807, 2.05) is 25.1 Å². The lowest BCUT2D eigenvalue weighted by Crippen LogP contribution is -2.30. The summed E-state index contributed by atoms with van der Waals surface area (Å²) in [5.74, 6) is 0.379. The van der Waals surface area contributed by atoms with Gasteiger partial charge in [0.2, 0.25) is 0 Å². The number of anilines is 2. The van der Waals surface area contributed by atoms with Gasteiger partial charge in [-0.15, -0.1) is 0 Å². The summed E-state index contributed by atoms with van der Waals surface area (Å²) in [5, 5.41) is 13.3. The van der Waals surface area contributed by atoms with Gasteiger partial charge in [-0.3, -0.25) is 0 Å². The average molecular weight is 234 g/mol. The van der Waals surface area contributed by atoms with Crippen molar-refractivity contribution in [2.75, 3.05) is 17.6 Å². The molecule has 0 radical (unpaired) electrons. The first kappa shape index (κ1) is 12.2. The monoisotopic (exact) mass is 234 g/mol. The molecule has 1 fully saturated rings. The van der Waals surface area contributed by atoms with Crippen LogP contribution in [0.25, 0.3) is 0 Å². The summed E-state index contributed by atoms with van der Waals surface area (Å²) in [6.45, 7) is 2.86. The van der Waals surface area contributed by atoms with Crippen molar-refractivity contribution in [3.63, 3.8) is 0 Å². The van der Waals surface area contributed by atoms with Gasteiger partial charge in [-0.1, -0.05) is 18.9 Å². The largest absolute Gasteiger partial charge is 0.398 e. The Balaban J connectivity index is 1.95. The Bertz CT molecular complexity index is 378. The van der Waals surface area contributed by atoms with Gasteiger partial charge in [0.15, 0.2) is 0 Å². The van der Waals surface area contributed by atoms with E-state index in [2.05, 4.69) is 5.32 Å². The number of nitrogen functional groups attached to an aromatic ring is 1. The van der Waals surface area contributed by atoms with Crippen LogP contribution in [-0.2, 0) is 0 Å². The van der Waals surface area contributed by atoms with Crippen LogP contribution in [0.1, 0.15) is 31.2 Å². The Kier molecular flexibility index (Phi) is 3.89. The van der Waals surface area contributed by atoms with Crippen molar-refractivity contribution < 1.29 is 5.11 Å². The zero-order chi connectivity index (χ0) is 12.3. The molecule has 0 aliphatic heterocycles. The Morgan fingerprint density at radius 2 is 2.12 bits per heavy atom. The second-order valence-electron chi connectivity index (χ2n) is 5.01. The molecule has 0 saturated heterocycles. The molecule has 1 saturated carbocycles. The molecule has 1 aromatic carbocycles. The molecule has 0 aromatic heterocycles. The average Bonchev–Trinajstić information content (AvgIpc) is 2.33. The first-order valence-electron chi connectivity index (χ1n) is 6.45. The molecule has 1 aliphatic carbocycles. The molecule has 94 valence electrons. The summed E-state index contributed by atoms with van der Waals surface area (Å²) in [6, 6.07) is 5.92. The molecular formula is C14H22N2O. The van der Waals surface area contributed by atoms with Gasteiger partial charge in [-0.25, -0.2) is 0 Å². The maximum Gasteiger partial charge on any atom is 0.0585 e. The van der Waals surface area contributed by atoms with Gasteiger partial charge in [-0.2, -0.15) is 0 Å². The van der Waals surface area contributed by atoms with Crippen molar-refractivity contribution in [2.45, 2.75) is 38.7 Å². The molecule has 3 heteroatoms. The highest BCUT2D eigenvalue weighted by Gasteiger charge is 2.22. The van der Waals surface area contributed by atoms with Crippen LogP contribution in [0.5, 0.6) is 0 Å². The SMILES string of the molecule is Cc1c(N)cccc1NCC1CCCCC1O. The van der Waals surface area contributed by atoms with Crippen LogP contribution in [0, 0.1) is 12.8 Å². The van der Waals surface area contributed by atoms with E-state index in [1.165, 1.54) is 6.42 Å². The Hall–Kier alpha value is -1.22. The fourth-order valence-electron chi connectivity index (χ4n) is 2.51. The Labute approximate surface area is 103 Å². The molecule has 0 amide bonds. The van der Waals surface area contributed by atoms with E-state index in [0.29, 0.717) is 5.92 Å². The predicted molar refractivity (Wildman–Crippen MR) is 72.0 cm³/mol. The zero-order valence-electron chi connectivity index (χ0n) is 10.4. The maximum absolute atomic E-state index is 9.91. The van der Waals surface area contributed by atoms with Crippen LogP contribution in [0.3, 0.4) is 0 Å². The number of aliphatic hydroxyl groups is 1. The van der Waals surface area contributed by atoms with E-state index < -0.39 is 0 Å². The Morgan fingerprint density at radius 1 is 1.35 bits per heavy atom. The summed E-state index contributed by atoms with van der Waals surface area (Å²) >= 11 is 0. The third-order valence-corrected chi connectivity index (χ3v) is 3.80. The fourth-order valence-corrected chi connectivity index (χ4v) is 2.51. The van der Waals surface area contributed by atoms with E-state index in [0.717, 1.165) is 42.7 Å². The normalized spacial score (nSPS) is 24.6. The second-order valence-corrected chi connectivity index (χ2v) is 5.01. The van der Waals surface area contributed by atoms with E-state index >= 15 is 0 Å². The molecule has 0 bridgehead atoms. The van der Waals surface area contributed by atoms with Gasteiger partial charge in [-0.05, 0) is 37.5 Å². The van der Waals surface area contributed by atoms with Crippen LogP contribution >= 0.6 is 0 Å². The minimum absolute atomic E-state index is 0.141. The molecule has 4 N–H and O–H groups in total. The van der Waals surface area contributed by atoms with Crippen LogP contribution in [0.4, 0.5) is 11.4 Å². The van der Waals surface area contributed by atoms with Gasteiger partial charge in [0.05, 0.1) is 6.10 Å². The zero-order valence-corrected chi connectivity index (χ0v) is 10.4. The summed E-state index contributed by atoms with van der Waals surface area (Å²) in [7, 11) is 0. The molecule has 2 unspecified atom stereocenters. The highest BCUT2D eigenvalue weighted by atomic mass is 16.3.